The Kier molecular flexibility index (Phi) is 4.04. The van der Waals surface area contributed by atoms with Gasteiger partial charge in [-0.2, -0.15) is 0 Å². The van der Waals surface area contributed by atoms with E-state index in [1.807, 2.05) is 21.0 Å². The summed E-state index contributed by atoms with van der Waals surface area (Å²) in [5.74, 6) is 0.358. The van der Waals surface area contributed by atoms with Crippen LogP contribution in [0.25, 0.3) is 0 Å². The molecule has 1 aliphatic rings. The number of nitrogens with two attached hydrogens (primary N) is 1. The molecule has 4 nitrogen and oxygen atoms in total. The van der Waals surface area contributed by atoms with Crippen LogP contribution >= 0.6 is 12.2 Å². The van der Waals surface area contributed by atoms with E-state index in [1.54, 1.807) is 4.90 Å². The van der Waals surface area contributed by atoms with Gasteiger partial charge in [0.1, 0.15) is 0 Å². The highest BCUT2D eigenvalue weighted by atomic mass is 32.1. The summed E-state index contributed by atoms with van der Waals surface area (Å²) in [4.78, 5) is 16.1. The van der Waals surface area contributed by atoms with E-state index in [-0.39, 0.29) is 17.9 Å². The normalized spacial score (nSPS) is 23.6. The quantitative estimate of drug-likeness (QED) is 0.693. The van der Waals surface area contributed by atoms with E-state index in [4.69, 9.17) is 18.0 Å². The summed E-state index contributed by atoms with van der Waals surface area (Å²) in [7, 11) is 3.80. The van der Waals surface area contributed by atoms with E-state index >= 15 is 0 Å². The summed E-state index contributed by atoms with van der Waals surface area (Å²) in [6.07, 6.45) is 0.899. The van der Waals surface area contributed by atoms with Crippen LogP contribution in [0, 0.1) is 5.92 Å². The Labute approximate surface area is 96.4 Å². The smallest absolute Gasteiger partial charge is 0.239 e. The maximum atomic E-state index is 11.7. The SMILES string of the molecule is CC(CN(C)C1CCN(C)C1=O)C(N)=S. The molecule has 0 aliphatic carbocycles. The van der Waals surface area contributed by atoms with Crippen molar-refractivity contribution in [2.24, 2.45) is 11.7 Å². The fourth-order valence-corrected chi connectivity index (χ4v) is 1.94. The fourth-order valence-electron chi connectivity index (χ4n) is 1.86. The molecule has 1 amide bonds. The lowest BCUT2D eigenvalue weighted by Crippen LogP contribution is -2.42. The number of carbonyl (C=O) groups excluding carboxylic acids is 1. The summed E-state index contributed by atoms with van der Waals surface area (Å²) in [5, 5.41) is 0. The molecule has 15 heavy (non-hydrogen) atoms. The molecular formula is C10H19N3OS. The van der Waals surface area contributed by atoms with Crippen molar-refractivity contribution in [1.82, 2.24) is 9.80 Å². The molecule has 2 unspecified atom stereocenters. The highest BCUT2D eigenvalue weighted by Crippen LogP contribution is 2.15. The summed E-state index contributed by atoms with van der Waals surface area (Å²) in [5.41, 5.74) is 5.55. The Morgan fingerprint density at radius 1 is 1.80 bits per heavy atom. The number of nitrogens with zero attached hydrogens (tertiary/aromatic N) is 2. The molecule has 1 heterocycles. The van der Waals surface area contributed by atoms with Crippen LogP contribution in [0.3, 0.4) is 0 Å². The van der Waals surface area contributed by atoms with Crippen molar-refractivity contribution in [3.05, 3.63) is 0 Å². The van der Waals surface area contributed by atoms with Gasteiger partial charge < -0.3 is 10.6 Å². The molecule has 1 saturated heterocycles. The third-order valence-corrected chi connectivity index (χ3v) is 3.38. The van der Waals surface area contributed by atoms with Crippen LogP contribution in [0.2, 0.25) is 0 Å². The molecule has 2 atom stereocenters. The predicted octanol–water partition coefficient (Wildman–Crippen LogP) is 0.0711. The number of amides is 1. The van der Waals surface area contributed by atoms with Gasteiger partial charge in [-0.3, -0.25) is 9.69 Å². The van der Waals surface area contributed by atoms with Crippen LogP contribution in [0.4, 0.5) is 0 Å². The highest BCUT2D eigenvalue weighted by molar-refractivity contribution is 7.80. The Morgan fingerprint density at radius 2 is 2.40 bits per heavy atom. The van der Waals surface area contributed by atoms with Gasteiger partial charge in [-0.05, 0) is 13.5 Å². The summed E-state index contributed by atoms with van der Waals surface area (Å²) in [6, 6.07) is 0.00630. The zero-order valence-corrected chi connectivity index (χ0v) is 10.4. The second-order valence-electron chi connectivity index (χ2n) is 4.31. The molecular weight excluding hydrogens is 210 g/mol. The van der Waals surface area contributed by atoms with E-state index in [9.17, 15) is 4.79 Å². The van der Waals surface area contributed by atoms with Gasteiger partial charge in [0.2, 0.25) is 5.91 Å². The van der Waals surface area contributed by atoms with Gasteiger partial charge in [0.05, 0.1) is 11.0 Å². The van der Waals surface area contributed by atoms with Gasteiger partial charge in [0.15, 0.2) is 0 Å². The fraction of sp³-hybridized carbons (Fsp3) is 0.800. The molecule has 0 radical (unpaired) electrons. The first-order chi connectivity index (χ1) is 6.93. The zero-order chi connectivity index (χ0) is 11.6. The summed E-state index contributed by atoms with van der Waals surface area (Å²) in [6.45, 7) is 3.58. The molecule has 0 aromatic heterocycles. The maximum Gasteiger partial charge on any atom is 0.239 e. The first kappa shape index (κ1) is 12.4. The Hall–Kier alpha value is -0.680. The standard InChI is InChI=1S/C10H19N3OS/c1-7(9(11)15)6-13(3)8-4-5-12(2)10(8)14/h7-8H,4-6H2,1-3H3,(H2,11,15). The van der Waals surface area contributed by atoms with E-state index in [0.717, 1.165) is 19.5 Å². The average molecular weight is 229 g/mol. The second kappa shape index (κ2) is 4.90. The predicted molar refractivity (Wildman–Crippen MR) is 64.6 cm³/mol. The van der Waals surface area contributed by atoms with Crippen LogP contribution in [0.15, 0.2) is 0 Å². The lowest BCUT2D eigenvalue weighted by Gasteiger charge is -2.25. The minimum atomic E-state index is 0.00630. The largest absolute Gasteiger partial charge is 0.393 e. The highest BCUT2D eigenvalue weighted by Gasteiger charge is 2.32. The molecule has 0 saturated carbocycles. The minimum absolute atomic E-state index is 0.00630. The van der Waals surface area contributed by atoms with E-state index < -0.39 is 0 Å². The maximum absolute atomic E-state index is 11.7. The van der Waals surface area contributed by atoms with Crippen LogP contribution in [-0.4, -0.2) is 53.9 Å². The number of rotatable bonds is 4. The van der Waals surface area contributed by atoms with E-state index in [0.29, 0.717) is 4.99 Å². The van der Waals surface area contributed by atoms with Crippen molar-refractivity contribution in [3.63, 3.8) is 0 Å². The molecule has 1 rings (SSSR count). The molecule has 1 aliphatic heterocycles. The van der Waals surface area contributed by atoms with Crippen molar-refractivity contribution < 1.29 is 4.79 Å². The van der Waals surface area contributed by atoms with Crippen LogP contribution in [-0.2, 0) is 4.79 Å². The number of likely N-dealkylation sites (tertiary alicyclic amines) is 1. The Balaban J connectivity index is 2.51. The van der Waals surface area contributed by atoms with Crippen molar-refractivity contribution in [2.75, 3.05) is 27.2 Å². The van der Waals surface area contributed by atoms with E-state index in [1.165, 1.54) is 0 Å². The third kappa shape index (κ3) is 2.89. The molecule has 2 N–H and O–H groups in total. The number of thiocarbonyl (C=S) groups is 1. The van der Waals surface area contributed by atoms with Crippen molar-refractivity contribution in [2.45, 2.75) is 19.4 Å². The number of hydrogen-bond donors (Lipinski definition) is 1. The monoisotopic (exact) mass is 229 g/mol. The van der Waals surface area contributed by atoms with Gasteiger partial charge in [0, 0.05) is 26.1 Å². The zero-order valence-electron chi connectivity index (χ0n) is 9.56. The average Bonchev–Trinajstić information content (AvgIpc) is 2.47. The van der Waals surface area contributed by atoms with Gasteiger partial charge in [0.25, 0.3) is 0 Å². The topological polar surface area (TPSA) is 49.6 Å². The summed E-state index contributed by atoms with van der Waals surface area (Å²) >= 11 is 4.92. The van der Waals surface area contributed by atoms with Crippen molar-refractivity contribution >= 4 is 23.1 Å². The Morgan fingerprint density at radius 3 is 2.80 bits per heavy atom. The first-order valence-electron chi connectivity index (χ1n) is 5.18. The molecule has 0 bridgehead atoms. The van der Waals surface area contributed by atoms with Crippen molar-refractivity contribution in [1.29, 1.82) is 0 Å². The minimum Gasteiger partial charge on any atom is -0.393 e. The molecule has 0 spiro atoms. The van der Waals surface area contributed by atoms with Gasteiger partial charge in [-0.15, -0.1) is 0 Å². The number of carbonyl (C=O) groups is 1. The van der Waals surface area contributed by atoms with Gasteiger partial charge in [-0.1, -0.05) is 19.1 Å². The van der Waals surface area contributed by atoms with Gasteiger partial charge in [-0.25, -0.2) is 0 Å². The molecule has 5 heteroatoms. The van der Waals surface area contributed by atoms with Gasteiger partial charge >= 0.3 is 0 Å². The van der Waals surface area contributed by atoms with E-state index in [2.05, 4.69) is 4.90 Å². The number of likely N-dealkylation sites (N-methyl/N-ethyl adjacent to an activating group) is 2. The molecule has 86 valence electrons. The second-order valence-corrected chi connectivity index (χ2v) is 4.78. The first-order valence-corrected chi connectivity index (χ1v) is 5.59. The van der Waals surface area contributed by atoms with Crippen LogP contribution in [0.5, 0.6) is 0 Å². The summed E-state index contributed by atoms with van der Waals surface area (Å²) < 4.78 is 0. The Bertz CT molecular complexity index is 269. The third-order valence-electron chi connectivity index (χ3n) is 2.98. The molecule has 0 aromatic rings. The lowest BCUT2D eigenvalue weighted by molar-refractivity contribution is -0.130. The molecule has 0 aromatic carbocycles. The van der Waals surface area contributed by atoms with Crippen molar-refractivity contribution in [3.8, 4) is 0 Å². The number of hydrogen-bond acceptors (Lipinski definition) is 3. The van der Waals surface area contributed by atoms with Crippen LogP contribution < -0.4 is 5.73 Å². The molecule has 1 fully saturated rings. The van der Waals surface area contributed by atoms with Crippen LogP contribution in [0.1, 0.15) is 13.3 Å². The lowest BCUT2D eigenvalue weighted by atomic mass is 10.1.